The number of rotatable bonds is 7. The molecule has 1 aromatic rings. The maximum absolute atomic E-state index is 12.4. The summed E-state index contributed by atoms with van der Waals surface area (Å²) in [6.07, 6.45) is 0.400. The highest BCUT2D eigenvalue weighted by atomic mass is 35.5. The standard InChI is InChI=1S/C12H18ClNO4S/c1-3-14(7-4-8-15)19(16,17)10-5-6-12(18-2)11(13)9-10/h5-6,9,15H,3-4,7-8H2,1-2H3. The molecule has 0 heterocycles. The molecule has 0 bridgehead atoms. The number of ether oxygens (including phenoxy) is 1. The molecule has 0 aliphatic carbocycles. The molecule has 0 aliphatic rings. The number of methoxy groups -OCH3 is 1. The number of hydrogen-bond acceptors (Lipinski definition) is 4. The molecule has 0 aliphatic heterocycles. The summed E-state index contributed by atoms with van der Waals surface area (Å²) in [6.45, 7) is 2.32. The van der Waals surface area contributed by atoms with Gasteiger partial charge in [0.2, 0.25) is 10.0 Å². The molecule has 7 heteroatoms. The van der Waals surface area contributed by atoms with Gasteiger partial charge in [0, 0.05) is 19.7 Å². The monoisotopic (exact) mass is 307 g/mol. The van der Waals surface area contributed by atoms with Crippen LogP contribution in [-0.4, -0.2) is 44.6 Å². The molecule has 0 saturated carbocycles. The number of nitrogens with zero attached hydrogens (tertiary/aromatic N) is 1. The second-order valence-electron chi connectivity index (χ2n) is 3.87. The van der Waals surface area contributed by atoms with Crippen LogP contribution < -0.4 is 4.74 Å². The van der Waals surface area contributed by atoms with Crippen molar-refractivity contribution >= 4 is 21.6 Å². The first kappa shape index (κ1) is 16.2. The highest BCUT2D eigenvalue weighted by Gasteiger charge is 2.23. The predicted molar refractivity (Wildman–Crippen MR) is 74.1 cm³/mol. The average Bonchev–Trinajstić information content (AvgIpc) is 2.39. The van der Waals surface area contributed by atoms with E-state index in [0.29, 0.717) is 18.7 Å². The van der Waals surface area contributed by atoms with E-state index in [0.717, 1.165) is 0 Å². The first-order valence-corrected chi connectivity index (χ1v) is 7.73. The predicted octanol–water partition coefficient (Wildman–Crippen LogP) is 1.74. The van der Waals surface area contributed by atoms with E-state index < -0.39 is 10.0 Å². The molecule has 0 aromatic heterocycles. The van der Waals surface area contributed by atoms with Gasteiger partial charge in [0.1, 0.15) is 5.75 Å². The quantitative estimate of drug-likeness (QED) is 0.833. The third-order valence-electron chi connectivity index (χ3n) is 2.68. The van der Waals surface area contributed by atoms with Crippen molar-refractivity contribution in [2.45, 2.75) is 18.2 Å². The Kier molecular flexibility index (Phi) is 6.06. The molecule has 0 radical (unpaired) electrons. The number of aliphatic hydroxyl groups excluding tert-OH is 1. The van der Waals surface area contributed by atoms with E-state index in [-0.39, 0.29) is 23.1 Å². The van der Waals surface area contributed by atoms with E-state index in [2.05, 4.69) is 0 Å². The number of sulfonamides is 1. The minimum absolute atomic E-state index is 0.0462. The summed E-state index contributed by atoms with van der Waals surface area (Å²) >= 11 is 5.94. The lowest BCUT2D eigenvalue weighted by Gasteiger charge is -2.20. The molecular formula is C12H18ClNO4S. The third kappa shape index (κ3) is 3.82. The molecule has 108 valence electrons. The molecule has 5 nitrogen and oxygen atoms in total. The lowest BCUT2D eigenvalue weighted by atomic mass is 10.3. The molecule has 0 saturated heterocycles. The molecular weight excluding hydrogens is 290 g/mol. The van der Waals surface area contributed by atoms with Gasteiger partial charge in [0.15, 0.2) is 0 Å². The van der Waals surface area contributed by atoms with Gasteiger partial charge >= 0.3 is 0 Å². The fraction of sp³-hybridized carbons (Fsp3) is 0.500. The van der Waals surface area contributed by atoms with Gasteiger partial charge in [-0.1, -0.05) is 18.5 Å². The van der Waals surface area contributed by atoms with Crippen molar-refractivity contribution in [3.8, 4) is 5.75 Å². The summed E-state index contributed by atoms with van der Waals surface area (Å²) in [7, 11) is -2.12. The Morgan fingerprint density at radius 1 is 1.42 bits per heavy atom. The van der Waals surface area contributed by atoms with E-state index in [9.17, 15) is 8.42 Å². The smallest absolute Gasteiger partial charge is 0.243 e. The first-order valence-electron chi connectivity index (χ1n) is 5.92. The molecule has 1 rings (SSSR count). The van der Waals surface area contributed by atoms with Gasteiger partial charge in [-0.25, -0.2) is 8.42 Å². The highest BCUT2D eigenvalue weighted by molar-refractivity contribution is 7.89. The van der Waals surface area contributed by atoms with Crippen LogP contribution in [0.2, 0.25) is 5.02 Å². The van der Waals surface area contributed by atoms with Crippen molar-refractivity contribution in [2.75, 3.05) is 26.8 Å². The van der Waals surface area contributed by atoms with Crippen LogP contribution in [-0.2, 0) is 10.0 Å². The average molecular weight is 308 g/mol. The summed E-state index contributed by atoms with van der Waals surface area (Å²) in [4.78, 5) is 0.123. The van der Waals surface area contributed by atoms with Crippen LogP contribution in [0, 0.1) is 0 Å². The Labute approximate surface area is 118 Å². The summed E-state index contributed by atoms with van der Waals surface area (Å²) in [6, 6.07) is 4.36. The number of hydrogen-bond donors (Lipinski definition) is 1. The SMILES string of the molecule is CCN(CCCO)S(=O)(=O)c1ccc(OC)c(Cl)c1. The van der Waals surface area contributed by atoms with Crippen LogP contribution in [0.5, 0.6) is 5.75 Å². The van der Waals surface area contributed by atoms with E-state index in [1.165, 1.54) is 29.6 Å². The van der Waals surface area contributed by atoms with Gasteiger partial charge in [-0.2, -0.15) is 4.31 Å². The lowest BCUT2D eigenvalue weighted by Crippen LogP contribution is -2.32. The second kappa shape index (κ2) is 7.09. The Morgan fingerprint density at radius 3 is 2.58 bits per heavy atom. The minimum Gasteiger partial charge on any atom is -0.495 e. The Hall–Kier alpha value is -0.820. The Balaban J connectivity index is 3.07. The second-order valence-corrected chi connectivity index (χ2v) is 6.22. The molecule has 1 N–H and O–H groups in total. The molecule has 0 unspecified atom stereocenters. The highest BCUT2D eigenvalue weighted by Crippen LogP contribution is 2.28. The molecule has 0 atom stereocenters. The van der Waals surface area contributed by atoms with E-state index in [1.54, 1.807) is 6.92 Å². The van der Waals surface area contributed by atoms with Gasteiger partial charge < -0.3 is 9.84 Å². The molecule has 0 spiro atoms. The van der Waals surface area contributed by atoms with Gasteiger partial charge in [0.25, 0.3) is 0 Å². The minimum atomic E-state index is -3.59. The molecule has 1 aromatic carbocycles. The Bertz CT molecular complexity index is 518. The largest absolute Gasteiger partial charge is 0.495 e. The molecule has 19 heavy (non-hydrogen) atoms. The molecule has 0 fully saturated rings. The normalized spacial score (nSPS) is 11.8. The summed E-state index contributed by atoms with van der Waals surface area (Å²) in [5.74, 6) is 0.430. The summed E-state index contributed by atoms with van der Waals surface area (Å²) in [5.41, 5.74) is 0. The lowest BCUT2D eigenvalue weighted by molar-refractivity contribution is 0.271. The van der Waals surface area contributed by atoms with Crippen LogP contribution in [0.15, 0.2) is 23.1 Å². The number of benzene rings is 1. The van der Waals surface area contributed by atoms with E-state index >= 15 is 0 Å². The van der Waals surface area contributed by atoms with Crippen LogP contribution in [0.4, 0.5) is 0 Å². The third-order valence-corrected chi connectivity index (χ3v) is 4.95. The van der Waals surface area contributed by atoms with Crippen molar-refractivity contribution < 1.29 is 18.3 Å². The van der Waals surface area contributed by atoms with Gasteiger partial charge in [-0.05, 0) is 24.6 Å². The van der Waals surface area contributed by atoms with Crippen LogP contribution >= 0.6 is 11.6 Å². The summed E-state index contributed by atoms with van der Waals surface area (Å²) < 4.78 is 31.0. The zero-order chi connectivity index (χ0) is 14.5. The van der Waals surface area contributed by atoms with E-state index in [1.807, 2.05) is 0 Å². The van der Waals surface area contributed by atoms with Crippen LogP contribution in [0.1, 0.15) is 13.3 Å². The number of aliphatic hydroxyl groups is 1. The number of halogens is 1. The van der Waals surface area contributed by atoms with Crippen molar-refractivity contribution in [1.29, 1.82) is 0 Å². The van der Waals surface area contributed by atoms with Crippen LogP contribution in [0.3, 0.4) is 0 Å². The van der Waals surface area contributed by atoms with Crippen molar-refractivity contribution in [2.24, 2.45) is 0 Å². The van der Waals surface area contributed by atoms with Crippen molar-refractivity contribution in [3.63, 3.8) is 0 Å². The van der Waals surface area contributed by atoms with Crippen molar-refractivity contribution in [1.82, 2.24) is 4.31 Å². The van der Waals surface area contributed by atoms with Crippen LogP contribution in [0.25, 0.3) is 0 Å². The summed E-state index contributed by atoms with van der Waals surface area (Å²) in [5, 5.41) is 9.05. The topological polar surface area (TPSA) is 66.8 Å². The van der Waals surface area contributed by atoms with Gasteiger partial charge in [0.05, 0.1) is 17.0 Å². The fourth-order valence-corrected chi connectivity index (χ4v) is 3.49. The zero-order valence-corrected chi connectivity index (χ0v) is 12.5. The van der Waals surface area contributed by atoms with Crippen molar-refractivity contribution in [3.05, 3.63) is 23.2 Å². The maximum Gasteiger partial charge on any atom is 0.243 e. The molecule has 0 amide bonds. The fourth-order valence-electron chi connectivity index (χ4n) is 1.65. The Morgan fingerprint density at radius 2 is 2.11 bits per heavy atom. The first-order chi connectivity index (χ1) is 8.97. The maximum atomic E-state index is 12.4. The van der Waals surface area contributed by atoms with Gasteiger partial charge in [-0.3, -0.25) is 0 Å². The van der Waals surface area contributed by atoms with Gasteiger partial charge in [-0.15, -0.1) is 0 Å². The van der Waals surface area contributed by atoms with E-state index in [4.69, 9.17) is 21.4 Å². The zero-order valence-electron chi connectivity index (χ0n) is 11.0.